The van der Waals surface area contributed by atoms with Gasteiger partial charge in [-0.15, -0.1) is 0 Å². The van der Waals surface area contributed by atoms with Gasteiger partial charge in [0, 0.05) is 5.69 Å². The topological polar surface area (TPSA) is 56.0 Å². The van der Waals surface area contributed by atoms with Crippen LogP contribution in [0.4, 0.5) is 5.69 Å². The maximum Gasteiger partial charge on any atom is 0.229 e. The third-order valence-electron chi connectivity index (χ3n) is 5.68. The van der Waals surface area contributed by atoms with E-state index in [-0.39, 0.29) is 5.41 Å². The smallest absolute Gasteiger partial charge is 0.229 e. The van der Waals surface area contributed by atoms with Crippen LogP contribution in [0, 0.1) is 4.77 Å². The SMILES string of the molecule is CC(C)(C)c1ccc(Cn2c(=S)n(Cc3ccc(NS(C)(=O)=O)cc3)c3ccccc32)cc1. The van der Waals surface area contributed by atoms with E-state index in [0.717, 1.165) is 27.6 Å². The van der Waals surface area contributed by atoms with E-state index in [9.17, 15) is 8.42 Å². The molecule has 0 aliphatic carbocycles. The van der Waals surface area contributed by atoms with E-state index in [2.05, 4.69) is 71.0 Å². The Balaban J connectivity index is 1.66. The lowest BCUT2D eigenvalue weighted by Crippen LogP contribution is -2.11. The predicted octanol–water partition coefficient (Wildman–Crippen LogP) is 5.94. The minimum Gasteiger partial charge on any atom is -0.312 e. The molecule has 33 heavy (non-hydrogen) atoms. The number of sulfonamides is 1. The number of anilines is 1. The van der Waals surface area contributed by atoms with E-state index in [4.69, 9.17) is 12.2 Å². The number of fused-ring (bicyclic) bond motifs is 1. The zero-order valence-corrected chi connectivity index (χ0v) is 21.0. The average molecular weight is 480 g/mol. The Bertz CT molecular complexity index is 1440. The molecule has 0 spiro atoms. The third kappa shape index (κ3) is 5.37. The number of nitrogens with zero attached hydrogens (tertiary/aromatic N) is 2. The molecule has 3 aromatic carbocycles. The maximum atomic E-state index is 11.5. The Morgan fingerprint density at radius 2 is 1.24 bits per heavy atom. The van der Waals surface area contributed by atoms with Gasteiger partial charge in [-0.3, -0.25) is 4.72 Å². The summed E-state index contributed by atoms with van der Waals surface area (Å²) in [4.78, 5) is 0. The fourth-order valence-electron chi connectivity index (χ4n) is 3.95. The van der Waals surface area contributed by atoms with Gasteiger partial charge in [-0.1, -0.05) is 69.3 Å². The van der Waals surface area contributed by atoms with E-state index in [1.54, 1.807) is 12.1 Å². The number of hydrogen-bond donors (Lipinski definition) is 1. The van der Waals surface area contributed by atoms with Gasteiger partial charge >= 0.3 is 0 Å². The molecule has 0 aliphatic heterocycles. The molecule has 0 radical (unpaired) electrons. The Morgan fingerprint density at radius 1 is 0.788 bits per heavy atom. The molecule has 0 fully saturated rings. The molecule has 4 rings (SSSR count). The van der Waals surface area contributed by atoms with Gasteiger partial charge in [0.2, 0.25) is 10.0 Å². The number of para-hydroxylation sites is 2. The summed E-state index contributed by atoms with van der Waals surface area (Å²) in [5.41, 5.74) is 6.40. The molecule has 5 nitrogen and oxygen atoms in total. The van der Waals surface area contributed by atoms with Crippen molar-refractivity contribution in [2.75, 3.05) is 11.0 Å². The summed E-state index contributed by atoms with van der Waals surface area (Å²) in [5.74, 6) is 0. The van der Waals surface area contributed by atoms with Crippen molar-refractivity contribution in [2.24, 2.45) is 0 Å². The first-order valence-corrected chi connectivity index (χ1v) is 13.2. The van der Waals surface area contributed by atoms with Gasteiger partial charge in [-0.05, 0) is 58.6 Å². The molecule has 0 unspecified atom stereocenters. The second-order valence-electron chi connectivity index (χ2n) is 9.46. The average Bonchev–Trinajstić information content (AvgIpc) is 3.00. The molecule has 4 aromatic rings. The van der Waals surface area contributed by atoms with Crippen LogP contribution in [-0.4, -0.2) is 23.8 Å². The van der Waals surface area contributed by atoms with Gasteiger partial charge in [0.05, 0.1) is 30.4 Å². The number of nitrogens with one attached hydrogen (secondary N) is 1. The molecule has 172 valence electrons. The van der Waals surface area contributed by atoms with E-state index < -0.39 is 10.0 Å². The van der Waals surface area contributed by atoms with Gasteiger partial charge in [0.1, 0.15) is 0 Å². The minimum absolute atomic E-state index is 0.122. The number of benzene rings is 3. The summed E-state index contributed by atoms with van der Waals surface area (Å²) < 4.78 is 30.5. The summed E-state index contributed by atoms with van der Waals surface area (Å²) in [5, 5.41) is 0. The molecular formula is C26H29N3O2S2. The lowest BCUT2D eigenvalue weighted by Gasteiger charge is -2.19. The number of hydrogen-bond acceptors (Lipinski definition) is 3. The lowest BCUT2D eigenvalue weighted by molar-refractivity contribution is 0.589. The quantitative estimate of drug-likeness (QED) is 0.348. The van der Waals surface area contributed by atoms with Crippen molar-refractivity contribution in [3.8, 4) is 0 Å². The summed E-state index contributed by atoms with van der Waals surface area (Å²) in [6, 6.07) is 24.4. The van der Waals surface area contributed by atoms with Crippen LogP contribution in [0.3, 0.4) is 0 Å². The van der Waals surface area contributed by atoms with Crippen LogP contribution in [0.25, 0.3) is 11.0 Å². The third-order valence-corrected chi connectivity index (χ3v) is 6.73. The first-order chi connectivity index (χ1) is 15.5. The molecule has 0 atom stereocenters. The number of aromatic nitrogens is 2. The molecule has 0 saturated carbocycles. The molecule has 1 N–H and O–H groups in total. The minimum atomic E-state index is -3.30. The molecule has 0 saturated heterocycles. The highest BCUT2D eigenvalue weighted by Crippen LogP contribution is 2.24. The highest BCUT2D eigenvalue weighted by molar-refractivity contribution is 7.92. The lowest BCUT2D eigenvalue weighted by atomic mass is 9.87. The second kappa shape index (κ2) is 8.80. The zero-order chi connectivity index (χ0) is 23.8. The molecule has 0 aliphatic rings. The van der Waals surface area contributed by atoms with Gasteiger partial charge in [0.25, 0.3) is 0 Å². The largest absolute Gasteiger partial charge is 0.312 e. The monoisotopic (exact) mass is 479 g/mol. The molecule has 0 amide bonds. The highest BCUT2D eigenvalue weighted by atomic mass is 32.2. The first kappa shape index (κ1) is 23.3. The Labute approximate surface area is 200 Å². The maximum absolute atomic E-state index is 11.5. The Morgan fingerprint density at radius 3 is 1.67 bits per heavy atom. The van der Waals surface area contributed by atoms with E-state index in [1.807, 2.05) is 24.3 Å². The molecular weight excluding hydrogens is 450 g/mol. The van der Waals surface area contributed by atoms with Crippen molar-refractivity contribution in [3.05, 3.63) is 94.3 Å². The number of rotatable bonds is 6. The van der Waals surface area contributed by atoms with E-state index in [1.165, 1.54) is 11.1 Å². The first-order valence-electron chi connectivity index (χ1n) is 10.9. The molecule has 0 bridgehead atoms. The molecule has 7 heteroatoms. The fraction of sp³-hybridized carbons (Fsp3) is 0.269. The van der Waals surface area contributed by atoms with Crippen LogP contribution in [0.5, 0.6) is 0 Å². The normalized spacial score (nSPS) is 12.2. The van der Waals surface area contributed by atoms with Crippen molar-refractivity contribution >= 4 is 39.0 Å². The Hall–Kier alpha value is -2.90. The summed E-state index contributed by atoms with van der Waals surface area (Å²) in [6.45, 7) is 7.96. The van der Waals surface area contributed by atoms with Crippen molar-refractivity contribution in [2.45, 2.75) is 39.3 Å². The van der Waals surface area contributed by atoms with Gasteiger partial charge in [-0.25, -0.2) is 8.42 Å². The van der Waals surface area contributed by atoms with Crippen molar-refractivity contribution in [1.29, 1.82) is 0 Å². The van der Waals surface area contributed by atoms with Crippen molar-refractivity contribution in [3.63, 3.8) is 0 Å². The van der Waals surface area contributed by atoms with Crippen LogP contribution in [0.15, 0.2) is 72.8 Å². The highest BCUT2D eigenvalue weighted by Gasteiger charge is 2.14. The second-order valence-corrected chi connectivity index (χ2v) is 11.6. The fourth-order valence-corrected chi connectivity index (χ4v) is 4.84. The van der Waals surface area contributed by atoms with Gasteiger partial charge in [-0.2, -0.15) is 0 Å². The zero-order valence-electron chi connectivity index (χ0n) is 19.4. The van der Waals surface area contributed by atoms with Crippen LogP contribution in [0.2, 0.25) is 0 Å². The standard InChI is InChI=1S/C26H29N3O2S2/c1-26(2,3)21-13-9-19(10-14-21)17-28-23-7-5-6-8-24(23)29(25(28)32)18-20-11-15-22(16-12-20)27-33(4,30)31/h5-16,27H,17-18H2,1-4H3. The summed E-state index contributed by atoms with van der Waals surface area (Å²) >= 11 is 5.91. The van der Waals surface area contributed by atoms with Crippen LogP contribution in [0.1, 0.15) is 37.5 Å². The van der Waals surface area contributed by atoms with Crippen molar-refractivity contribution in [1.82, 2.24) is 9.13 Å². The van der Waals surface area contributed by atoms with Crippen molar-refractivity contribution < 1.29 is 8.42 Å². The van der Waals surface area contributed by atoms with E-state index >= 15 is 0 Å². The Kier molecular flexibility index (Phi) is 6.20. The van der Waals surface area contributed by atoms with Gasteiger partial charge in [0.15, 0.2) is 4.77 Å². The summed E-state index contributed by atoms with van der Waals surface area (Å²) in [7, 11) is -3.30. The molecule has 1 aromatic heterocycles. The van der Waals surface area contributed by atoms with Crippen LogP contribution < -0.4 is 4.72 Å². The molecule has 1 heterocycles. The number of imidazole rings is 1. The van der Waals surface area contributed by atoms with Crippen LogP contribution in [-0.2, 0) is 28.5 Å². The van der Waals surface area contributed by atoms with Gasteiger partial charge < -0.3 is 9.13 Å². The predicted molar refractivity (Wildman–Crippen MR) is 139 cm³/mol. The van der Waals surface area contributed by atoms with Crippen LogP contribution >= 0.6 is 12.2 Å². The summed E-state index contributed by atoms with van der Waals surface area (Å²) in [6.07, 6.45) is 1.14. The van der Waals surface area contributed by atoms with E-state index in [0.29, 0.717) is 18.8 Å².